The second kappa shape index (κ2) is 5.77. The molecule has 1 aliphatic heterocycles. The van der Waals surface area contributed by atoms with Crippen LogP contribution < -0.4 is 10.6 Å². The van der Waals surface area contributed by atoms with Crippen LogP contribution in [0.15, 0.2) is 6.33 Å². The van der Waals surface area contributed by atoms with Crippen LogP contribution in [-0.2, 0) is 18.4 Å². The molecule has 1 saturated heterocycles. The molecule has 1 aromatic heterocycles. The molecule has 0 bridgehead atoms. The Hall–Kier alpha value is -1.43. The highest BCUT2D eigenvalue weighted by Gasteiger charge is 2.16. The van der Waals surface area contributed by atoms with Gasteiger partial charge in [0.2, 0.25) is 5.91 Å². The fraction of sp³-hybridized carbons (Fsp3) is 0.727. The van der Waals surface area contributed by atoms with Gasteiger partial charge in [-0.15, -0.1) is 0 Å². The Morgan fingerprint density at radius 2 is 2.59 bits per heavy atom. The summed E-state index contributed by atoms with van der Waals surface area (Å²) in [6, 6.07) is 0. The van der Waals surface area contributed by atoms with Gasteiger partial charge in [-0.1, -0.05) is 0 Å². The van der Waals surface area contributed by atoms with Gasteiger partial charge in [-0.3, -0.25) is 9.48 Å². The second-order valence-corrected chi connectivity index (χ2v) is 4.53. The summed E-state index contributed by atoms with van der Waals surface area (Å²) in [6.45, 7) is 2.45. The first kappa shape index (κ1) is 12.0. The van der Waals surface area contributed by atoms with E-state index in [4.69, 9.17) is 0 Å². The van der Waals surface area contributed by atoms with Crippen LogP contribution >= 0.6 is 0 Å². The number of hydrogen-bond donors (Lipinski definition) is 2. The van der Waals surface area contributed by atoms with Crippen molar-refractivity contribution in [3.8, 4) is 0 Å². The molecule has 0 aliphatic carbocycles. The number of piperidine rings is 1. The van der Waals surface area contributed by atoms with Crippen molar-refractivity contribution in [2.24, 2.45) is 13.0 Å². The zero-order valence-corrected chi connectivity index (χ0v) is 10.1. The van der Waals surface area contributed by atoms with Crippen LogP contribution in [0.4, 0.5) is 0 Å². The summed E-state index contributed by atoms with van der Waals surface area (Å²) in [5.41, 5.74) is 0. The first-order valence-electron chi connectivity index (χ1n) is 6.06. The van der Waals surface area contributed by atoms with E-state index in [1.54, 1.807) is 11.0 Å². The van der Waals surface area contributed by atoms with Crippen molar-refractivity contribution in [3.63, 3.8) is 0 Å². The van der Waals surface area contributed by atoms with Gasteiger partial charge < -0.3 is 10.6 Å². The first-order chi connectivity index (χ1) is 8.24. The van der Waals surface area contributed by atoms with Gasteiger partial charge >= 0.3 is 0 Å². The molecule has 6 heteroatoms. The van der Waals surface area contributed by atoms with Crippen LogP contribution in [0.1, 0.15) is 25.1 Å². The molecular weight excluding hydrogens is 218 g/mol. The van der Waals surface area contributed by atoms with E-state index in [1.165, 1.54) is 6.42 Å². The third kappa shape index (κ3) is 3.81. The number of aryl methyl sites for hydroxylation is 1. The normalized spacial score (nSPS) is 20.2. The van der Waals surface area contributed by atoms with Gasteiger partial charge in [0.05, 0.1) is 6.54 Å². The van der Waals surface area contributed by atoms with Crippen LogP contribution in [0.5, 0.6) is 0 Å². The van der Waals surface area contributed by atoms with Crippen molar-refractivity contribution in [2.75, 3.05) is 13.1 Å². The number of nitrogens with zero attached hydrogens (tertiary/aromatic N) is 3. The van der Waals surface area contributed by atoms with Crippen LogP contribution in [0.2, 0.25) is 0 Å². The molecule has 2 rings (SSSR count). The summed E-state index contributed by atoms with van der Waals surface area (Å²) >= 11 is 0. The van der Waals surface area contributed by atoms with Crippen LogP contribution in [0.25, 0.3) is 0 Å². The van der Waals surface area contributed by atoms with Gasteiger partial charge in [-0.05, 0) is 31.8 Å². The first-order valence-corrected chi connectivity index (χ1v) is 6.06. The Morgan fingerprint density at radius 1 is 1.71 bits per heavy atom. The fourth-order valence-electron chi connectivity index (χ4n) is 2.08. The minimum atomic E-state index is 0.0890. The smallest absolute Gasteiger partial charge is 0.220 e. The summed E-state index contributed by atoms with van der Waals surface area (Å²) in [7, 11) is 1.81. The fourth-order valence-corrected chi connectivity index (χ4v) is 2.08. The average Bonchev–Trinajstić information content (AvgIpc) is 2.74. The lowest BCUT2D eigenvalue weighted by molar-refractivity contribution is -0.122. The van der Waals surface area contributed by atoms with E-state index in [-0.39, 0.29) is 5.91 Å². The second-order valence-electron chi connectivity index (χ2n) is 4.53. The highest BCUT2D eigenvalue weighted by molar-refractivity contribution is 5.76. The minimum Gasteiger partial charge on any atom is -0.349 e. The Labute approximate surface area is 101 Å². The molecule has 1 amide bonds. The van der Waals surface area contributed by atoms with Gasteiger partial charge in [0, 0.05) is 13.5 Å². The zero-order valence-electron chi connectivity index (χ0n) is 10.1. The molecule has 2 N–H and O–H groups in total. The Bertz CT molecular complexity index is 370. The third-order valence-electron chi connectivity index (χ3n) is 2.96. The zero-order chi connectivity index (χ0) is 12.1. The van der Waals surface area contributed by atoms with E-state index < -0.39 is 0 Å². The number of carbonyl (C=O) groups is 1. The molecule has 1 unspecified atom stereocenters. The lowest BCUT2D eigenvalue weighted by Crippen LogP contribution is -2.34. The lowest BCUT2D eigenvalue weighted by atomic mass is 9.96. The average molecular weight is 237 g/mol. The quantitative estimate of drug-likeness (QED) is 0.762. The maximum Gasteiger partial charge on any atom is 0.220 e. The van der Waals surface area contributed by atoms with Crippen molar-refractivity contribution >= 4 is 5.91 Å². The van der Waals surface area contributed by atoms with Crippen molar-refractivity contribution in [1.29, 1.82) is 0 Å². The molecule has 0 radical (unpaired) electrons. The monoisotopic (exact) mass is 237 g/mol. The van der Waals surface area contributed by atoms with E-state index in [1.807, 2.05) is 7.05 Å². The predicted octanol–water partition coefficient (Wildman–Crippen LogP) is -0.179. The number of nitrogens with one attached hydrogen (secondary N) is 2. The molecule has 6 nitrogen and oxygen atoms in total. The summed E-state index contributed by atoms with van der Waals surface area (Å²) in [5.74, 6) is 1.22. The maximum atomic E-state index is 11.7. The summed E-state index contributed by atoms with van der Waals surface area (Å²) in [4.78, 5) is 15.7. The molecule has 0 spiro atoms. The maximum absolute atomic E-state index is 11.7. The van der Waals surface area contributed by atoms with Gasteiger partial charge in [0.15, 0.2) is 5.82 Å². The molecule has 1 aromatic rings. The van der Waals surface area contributed by atoms with Crippen molar-refractivity contribution in [2.45, 2.75) is 25.8 Å². The molecule has 0 aromatic carbocycles. The minimum absolute atomic E-state index is 0.0890. The largest absolute Gasteiger partial charge is 0.349 e. The van der Waals surface area contributed by atoms with Crippen LogP contribution in [0.3, 0.4) is 0 Å². The van der Waals surface area contributed by atoms with Crippen molar-refractivity contribution in [3.05, 3.63) is 12.2 Å². The van der Waals surface area contributed by atoms with Gasteiger partial charge in [0.1, 0.15) is 6.33 Å². The Morgan fingerprint density at radius 3 is 3.24 bits per heavy atom. The van der Waals surface area contributed by atoms with E-state index in [0.717, 1.165) is 19.5 Å². The molecule has 1 atom stereocenters. The highest BCUT2D eigenvalue weighted by Crippen LogP contribution is 2.13. The SMILES string of the molecule is Cn1cnc(CNC(=O)CC2CCCNC2)n1. The van der Waals surface area contributed by atoms with Gasteiger partial charge in [0.25, 0.3) is 0 Å². The van der Waals surface area contributed by atoms with Gasteiger partial charge in [-0.25, -0.2) is 4.98 Å². The number of carbonyl (C=O) groups excluding carboxylic acids is 1. The number of hydrogen-bond acceptors (Lipinski definition) is 4. The predicted molar refractivity (Wildman–Crippen MR) is 63.1 cm³/mol. The van der Waals surface area contributed by atoms with E-state index in [0.29, 0.717) is 24.7 Å². The van der Waals surface area contributed by atoms with Crippen LogP contribution in [0, 0.1) is 5.92 Å². The third-order valence-corrected chi connectivity index (χ3v) is 2.96. The number of amides is 1. The molecule has 1 fully saturated rings. The molecule has 2 heterocycles. The van der Waals surface area contributed by atoms with Crippen molar-refractivity contribution in [1.82, 2.24) is 25.4 Å². The highest BCUT2D eigenvalue weighted by atomic mass is 16.1. The summed E-state index contributed by atoms with van der Waals surface area (Å²) in [6.07, 6.45) is 4.54. The van der Waals surface area contributed by atoms with Crippen molar-refractivity contribution < 1.29 is 4.79 Å². The molecule has 94 valence electrons. The molecule has 17 heavy (non-hydrogen) atoms. The molecule has 0 saturated carbocycles. The lowest BCUT2D eigenvalue weighted by Gasteiger charge is -2.21. The van der Waals surface area contributed by atoms with E-state index in [9.17, 15) is 4.79 Å². The standard InChI is InChI=1S/C11H19N5O/c1-16-8-14-10(15-16)7-13-11(17)5-9-3-2-4-12-6-9/h8-9,12H,2-7H2,1H3,(H,13,17). The summed E-state index contributed by atoms with van der Waals surface area (Å²) < 4.78 is 1.63. The van der Waals surface area contributed by atoms with E-state index in [2.05, 4.69) is 20.7 Å². The van der Waals surface area contributed by atoms with Crippen LogP contribution in [-0.4, -0.2) is 33.8 Å². The molecule has 1 aliphatic rings. The van der Waals surface area contributed by atoms with Gasteiger partial charge in [-0.2, -0.15) is 5.10 Å². The molecular formula is C11H19N5O. The Balaban J connectivity index is 1.70. The topological polar surface area (TPSA) is 71.8 Å². The Kier molecular flexibility index (Phi) is 4.08. The van der Waals surface area contributed by atoms with E-state index >= 15 is 0 Å². The summed E-state index contributed by atoms with van der Waals surface area (Å²) in [5, 5.41) is 10.3. The number of aromatic nitrogens is 3. The number of rotatable bonds is 4.